The smallest absolute Gasteiger partial charge is 0.208 e. The predicted molar refractivity (Wildman–Crippen MR) is 78.8 cm³/mol. The zero-order chi connectivity index (χ0) is 13.8. The summed E-state index contributed by atoms with van der Waals surface area (Å²) in [5.41, 5.74) is 0. The molecule has 1 aromatic carbocycles. The van der Waals surface area contributed by atoms with E-state index in [4.69, 9.17) is 11.6 Å². The van der Waals surface area contributed by atoms with Gasteiger partial charge in [-0.25, -0.2) is 13.1 Å². The quantitative estimate of drug-likeness (QED) is 0.796. The molecule has 0 amide bonds. The first-order chi connectivity index (χ1) is 8.38. The van der Waals surface area contributed by atoms with Gasteiger partial charge in [-0.3, -0.25) is 0 Å². The molecule has 1 aromatic rings. The van der Waals surface area contributed by atoms with Gasteiger partial charge in [0, 0.05) is 11.4 Å². The van der Waals surface area contributed by atoms with Crippen molar-refractivity contribution in [1.29, 1.82) is 0 Å². The van der Waals surface area contributed by atoms with Crippen molar-refractivity contribution < 1.29 is 8.42 Å². The van der Waals surface area contributed by atoms with E-state index in [1.165, 1.54) is 6.07 Å². The molecule has 6 heteroatoms. The summed E-state index contributed by atoms with van der Waals surface area (Å²) in [4.78, 5) is 0.131. The minimum Gasteiger partial charge on any atom is -0.208 e. The van der Waals surface area contributed by atoms with Gasteiger partial charge in [-0.2, -0.15) is 0 Å². The second-order valence-corrected chi connectivity index (χ2v) is 7.26. The fourth-order valence-electron chi connectivity index (χ4n) is 1.57. The van der Waals surface area contributed by atoms with Gasteiger partial charge >= 0.3 is 0 Å². The molecule has 0 aliphatic carbocycles. The maximum Gasteiger partial charge on any atom is 0.242 e. The van der Waals surface area contributed by atoms with Crippen molar-refractivity contribution in [2.75, 3.05) is 5.33 Å². The highest BCUT2D eigenvalue weighted by atomic mass is 79.9. The lowest BCUT2D eigenvalue weighted by atomic mass is 10.0. The van der Waals surface area contributed by atoms with Crippen LogP contribution in [0.25, 0.3) is 0 Å². The number of alkyl halides is 1. The molecule has 1 unspecified atom stereocenters. The summed E-state index contributed by atoms with van der Waals surface area (Å²) in [5.74, 6) is 0.222. The number of benzene rings is 1. The van der Waals surface area contributed by atoms with Gasteiger partial charge < -0.3 is 0 Å². The summed E-state index contributed by atoms with van der Waals surface area (Å²) < 4.78 is 27.2. The minimum absolute atomic E-state index is 0.106. The molecule has 0 heterocycles. The average molecular weight is 355 g/mol. The molecule has 3 nitrogen and oxygen atoms in total. The third-order valence-electron chi connectivity index (χ3n) is 2.66. The predicted octanol–water partition coefficient (Wildman–Crippen LogP) is 3.43. The molecule has 0 saturated carbocycles. The van der Waals surface area contributed by atoms with E-state index < -0.39 is 10.0 Å². The SMILES string of the molecule is CC(C)C(CCBr)NS(=O)(=O)c1ccccc1Cl. The molecule has 0 radical (unpaired) electrons. The van der Waals surface area contributed by atoms with Crippen LogP contribution >= 0.6 is 27.5 Å². The number of hydrogen-bond donors (Lipinski definition) is 1. The van der Waals surface area contributed by atoms with E-state index >= 15 is 0 Å². The Morgan fingerprint density at radius 3 is 2.44 bits per heavy atom. The van der Waals surface area contributed by atoms with Crippen LogP contribution in [0.2, 0.25) is 5.02 Å². The molecule has 1 atom stereocenters. The Kier molecular flexibility index (Phi) is 6.11. The molecule has 0 fully saturated rings. The topological polar surface area (TPSA) is 46.2 Å². The van der Waals surface area contributed by atoms with E-state index in [2.05, 4.69) is 20.7 Å². The number of rotatable bonds is 6. The molecule has 1 N–H and O–H groups in total. The zero-order valence-electron chi connectivity index (χ0n) is 10.4. The fraction of sp³-hybridized carbons (Fsp3) is 0.500. The summed E-state index contributed by atoms with van der Waals surface area (Å²) >= 11 is 9.26. The molecule has 0 aromatic heterocycles. The van der Waals surface area contributed by atoms with E-state index in [1.807, 2.05) is 13.8 Å². The van der Waals surface area contributed by atoms with Crippen LogP contribution in [0.3, 0.4) is 0 Å². The van der Waals surface area contributed by atoms with Crippen LogP contribution in [0.4, 0.5) is 0 Å². The summed E-state index contributed by atoms with van der Waals surface area (Å²) in [7, 11) is -3.56. The zero-order valence-corrected chi connectivity index (χ0v) is 13.5. The van der Waals surface area contributed by atoms with Gasteiger partial charge in [0.25, 0.3) is 0 Å². The van der Waals surface area contributed by atoms with Gasteiger partial charge in [-0.1, -0.05) is 53.5 Å². The van der Waals surface area contributed by atoms with Crippen LogP contribution in [-0.4, -0.2) is 19.8 Å². The molecule has 1 rings (SSSR count). The Balaban J connectivity index is 2.97. The van der Waals surface area contributed by atoms with Crippen molar-refractivity contribution in [2.45, 2.75) is 31.2 Å². The standard InChI is InChI=1S/C12H17BrClNO2S/c1-9(2)11(7-8-13)15-18(16,17)12-6-4-3-5-10(12)14/h3-6,9,11,15H,7-8H2,1-2H3. The van der Waals surface area contributed by atoms with Crippen molar-refractivity contribution >= 4 is 37.6 Å². The van der Waals surface area contributed by atoms with Crippen LogP contribution in [-0.2, 0) is 10.0 Å². The van der Waals surface area contributed by atoms with Crippen molar-refractivity contribution in [3.8, 4) is 0 Å². The van der Waals surface area contributed by atoms with E-state index in [9.17, 15) is 8.42 Å². The molecule has 0 bridgehead atoms. The maximum absolute atomic E-state index is 12.2. The highest BCUT2D eigenvalue weighted by molar-refractivity contribution is 9.09. The molecule has 102 valence electrons. The summed E-state index contributed by atoms with van der Waals surface area (Å²) in [6, 6.07) is 6.35. The molecular weight excluding hydrogens is 338 g/mol. The summed E-state index contributed by atoms with van der Waals surface area (Å²) in [5, 5.41) is 0.993. The van der Waals surface area contributed by atoms with Gasteiger partial charge in [-0.15, -0.1) is 0 Å². The number of hydrogen-bond acceptors (Lipinski definition) is 2. The molecule has 0 aliphatic rings. The lowest BCUT2D eigenvalue weighted by molar-refractivity contribution is 0.440. The second kappa shape index (κ2) is 6.89. The van der Waals surface area contributed by atoms with Gasteiger partial charge in [0.2, 0.25) is 10.0 Å². The Labute approximate surface area is 122 Å². The highest BCUT2D eigenvalue weighted by Crippen LogP contribution is 2.21. The van der Waals surface area contributed by atoms with Gasteiger partial charge in [0.05, 0.1) is 5.02 Å². The molecular formula is C12H17BrClNO2S. The molecule has 18 heavy (non-hydrogen) atoms. The number of nitrogens with one attached hydrogen (secondary N) is 1. The van der Waals surface area contributed by atoms with Crippen molar-refractivity contribution in [2.24, 2.45) is 5.92 Å². The van der Waals surface area contributed by atoms with E-state index in [0.29, 0.717) is 0 Å². The minimum atomic E-state index is -3.56. The van der Waals surface area contributed by atoms with Crippen molar-refractivity contribution in [3.05, 3.63) is 29.3 Å². The van der Waals surface area contributed by atoms with E-state index in [1.54, 1.807) is 18.2 Å². The van der Waals surface area contributed by atoms with Crippen LogP contribution < -0.4 is 4.72 Å². The third-order valence-corrected chi connectivity index (χ3v) is 5.11. The van der Waals surface area contributed by atoms with Gasteiger partial charge in [-0.05, 0) is 24.5 Å². The largest absolute Gasteiger partial charge is 0.242 e. The fourth-order valence-corrected chi connectivity index (χ4v) is 4.00. The van der Waals surface area contributed by atoms with E-state index in [-0.39, 0.29) is 21.9 Å². The van der Waals surface area contributed by atoms with Crippen LogP contribution in [0, 0.1) is 5.92 Å². The lowest BCUT2D eigenvalue weighted by Crippen LogP contribution is -2.38. The first-order valence-corrected chi connectivity index (χ1v) is 8.69. The normalized spacial score (nSPS) is 13.8. The Morgan fingerprint density at radius 2 is 1.94 bits per heavy atom. The Morgan fingerprint density at radius 1 is 1.33 bits per heavy atom. The number of halogens is 2. The van der Waals surface area contributed by atoms with Gasteiger partial charge in [0.1, 0.15) is 4.90 Å². The van der Waals surface area contributed by atoms with Crippen molar-refractivity contribution in [1.82, 2.24) is 4.72 Å². The molecule has 0 saturated heterocycles. The van der Waals surface area contributed by atoms with Gasteiger partial charge in [0.15, 0.2) is 0 Å². The monoisotopic (exact) mass is 353 g/mol. The molecule has 0 spiro atoms. The second-order valence-electron chi connectivity index (χ2n) is 4.38. The highest BCUT2D eigenvalue weighted by Gasteiger charge is 2.23. The first kappa shape index (κ1) is 16.0. The average Bonchev–Trinajstić information content (AvgIpc) is 2.28. The van der Waals surface area contributed by atoms with Crippen molar-refractivity contribution in [3.63, 3.8) is 0 Å². The van der Waals surface area contributed by atoms with Crippen LogP contribution in [0.15, 0.2) is 29.2 Å². The van der Waals surface area contributed by atoms with Crippen LogP contribution in [0.1, 0.15) is 20.3 Å². The lowest BCUT2D eigenvalue weighted by Gasteiger charge is -2.21. The summed E-state index contributed by atoms with van der Waals surface area (Å²) in [6.07, 6.45) is 0.737. The Bertz CT molecular complexity index is 491. The summed E-state index contributed by atoms with van der Waals surface area (Å²) in [6.45, 7) is 3.98. The van der Waals surface area contributed by atoms with E-state index in [0.717, 1.165) is 11.8 Å². The first-order valence-electron chi connectivity index (χ1n) is 5.71. The third kappa shape index (κ3) is 4.23. The van der Waals surface area contributed by atoms with Crippen LogP contribution in [0.5, 0.6) is 0 Å². The Hall–Kier alpha value is -0.100. The molecule has 0 aliphatic heterocycles. The maximum atomic E-state index is 12.2. The number of sulfonamides is 1.